The quantitative estimate of drug-likeness (QED) is 0.280. The number of benzene rings is 3. The van der Waals surface area contributed by atoms with E-state index in [9.17, 15) is 23.5 Å². The SMILES string of the molecule is CCOc1cc(C2C(C(=O)c3cc4cccc(OC)c4o3)=C(O)C(=O)N2c2ccc(F)cc2F)ccc1OC. The molecular formula is C29H23F2NO7. The third-order valence-electron chi connectivity index (χ3n) is 6.38. The predicted octanol–water partition coefficient (Wildman–Crippen LogP) is 5.91. The molecule has 1 amide bonds. The van der Waals surface area contributed by atoms with E-state index in [1.165, 1.54) is 26.4 Å². The molecule has 0 aliphatic carbocycles. The summed E-state index contributed by atoms with van der Waals surface area (Å²) in [5, 5.41) is 11.6. The summed E-state index contributed by atoms with van der Waals surface area (Å²) in [6.45, 7) is 2.05. The number of anilines is 1. The van der Waals surface area contributed by atoms with Gasteiger partial charge in [-0.3, -0.25) is 14.5 Å². The molecule has 0 radical (unpaired) electrons. The van der Waals surface area contributed by atoms with Crippen molar-refractivity contribution in [2.24, 2.45) is 0 Å². The monoisotopic (exact) mass is 535 g/mol. The molecule has 200 valence electrons. The molecular weight excluding hydrogens is 512 g/mol. The number of nitrogens with zero attached hydrogens (tertiary/aromatic N) is 1. The highest BCUT2D eigenvalue weighted by atomic mass is 19.1. The fraction of sp³-hybridized carbons (Fsp3) is 0.172. The van der Waals surface area contributed by atoms with Crippen LogP contribution in [0, 0.1) is 11.6 Å². The van der Waals surface area contributed by atoms with E-state index in [0.717, 1.165) is 17.0 Å². The highest BCUT2D eigenvalue weighted by Crippen LogP contribution is 2.45. The molecule has 0 saturated heterocycles. The average Bonchev–Trinajstić information content (AvgIpc) is 3.48. The topological polar surface area (TPSA) is 98.4 Å². The third kappa shape index (κ3) is 4.33. The molecule has 1 unspecified atom stereocenters. The highest BCUT2D eigenvalue weighted by molar-refractivity contribution is 6.20. The number of Topliss-reactive ketones (excluding diaryl/α,β-unsaturated/α-hetero) is 1. The van der Waals surface area contributed by atoms with Crippen molar-refractivity contribution < 1.29 is 42.1 Å². The fourth-order valence-electron chi connectivity index (χ4n) is 4.65. The Morgan fingerprint density at radius 3 is 2.46 bits per heavy atom. The van der Waals surface area contributed by atoms with E-state index in [0.29, 0.717) is 39.8 Å². The first-order valence-corrected chi connectivity index (χ1v) is 11.9. The summed E-state index contributed by atoms with van der Waals surface area (Å²) in [6.07, 6.45) is 0. The summed E-state index contributed by atoms with van der Waals surface area (Å²) in [4.78, 5) is 28.1. The Morgan fingerprint density at radius 1 is 1.00 bits per heavy atom. The van der Waals surface area contributed by atoms with E-state index >= 15 is 0 Å². The lowest BCUT2D eigenvalue weighted by Gasteiger charge is -2.27. The largest absolute Gasteiger partial charge is 0.503 e. The minimum Gasteiger partial charge on any atom is -0.503 e. The zero-order chi connectivity index (χ0) is 27.8. The number of amides is 1. The zero-order valence-electron chi connectivity index (χ0n) is 21.2. The lowest BCUT2D eigenvalue weighted by atomic mass is 9.94. The van der Waals surface area contributed by atoms with Crippen molar-refractivity contribution in [3.63, 3.8) is 0 Å². The van der Waals surface area contributed by atoms with Crippen molar-refractivity contribution in [1.29, 1.82) is 0 Å². The molecule has 3 aromatic carbocycles. The number of aliphatic hydroxyl groups excluding tert-OH is 1. The number of hydrogen-bond acceptors (Lipinski definition) is 7. The summed E-state index contributed by atoms with van der Waals surface area (Å²) >= 11 is 0. The highest BCUT2D eigenvalue weighted by Gasteiger charge is 2.46. The van der Waals surface area contributed by atoms with Gasteiger partial charge in [0.2, 0.25) is 5.78 Å². The van der Waals surface area contributed by atoms with Gasteiger partial charge in [-0.05, 0) is 48.9 Å². The van der Waals surface area contributed by atoms with Gasteiger partial charge in [0.1, 0.15) is 11.6 Å². The Hall–Kier alpha value is -4.86. The standard InChI is InChI=1S/C29H23F2NO7/c1-4-38-22-12-15(8-11-20(22)36-2)25-24(26(33)23-13-16-6-5-7-21(37-3)28(16)39-23)27(34)29(35)32(25)19-10-9-17(30)14-18(19)31/h5-14,25,34H,4H2,1-3H3. The van der Waals surface area contributed by atoms with Crippen molar-refractivity contribution >= 4 is 28.3 Å². The van der Waals surface area contributed by atoms with Crippen LogP contribution in [0.15, 0.2) is 76.4 Å². The molecule has 1 N–H and O–H groups in total. The van der Waals surface area contributed by atoms with Crippen LogP contribution in [0.1, 0.15) is 29.1 Å². The van der Waals surface area contributed by atoms with E-state index in [4.69, 9.17) is 18.6 Å². The van der Waals surface area contributed by atoms with E-state index < -0.39 is 35.1 Å². The van der Waals surface area contributed by atoms with E-state index in [2.05, 4.69) is 0 Å². The second kappa shape index (κ2) is 10.1. The van der Waals surface area contributed by atoms with E-state index in [1.54, 1.807) is 37.3 Å². The fourth-order valence-corrected chi connectivity index (χ4v) is 4.65. The summed E-state index contributed by atoms with van der Waals surface area (Å²) < 4.78 is 50.8. The molecule has 0 spiro atoms. The molecule has 8 nitrogen and oxygen atoms in total. The summed E-state index contributed by atoms with van der Waals surface area (Å²) in [7, 11) is 2.90. The van der Waals surface area contributed by atoms with Gasteiger partial charge in [0.05, 0.1) is 38.1 Å². The number of carbonyl (C=O) groups is 2. The normalized spacial score (nSPS) is 15.3. The first kappa shape index (κ1) is 25.8. The van der Waals surface area contributed by atoms with Gasteiger partial charge >= 0.3 is 0 Å². The number of methoxy groups -OCH3 is 2. The zero-order valence-corrected chi connectivity index (χ0v) is 21.2. The van der Waals surface area contributed by atoms with Gasteiger partial charge in [-0.15, -0.1) is 0 Å². The minimum absolute atomic E-state index is 0.172. The molecule has 4 aromatic rings. The van der Waals surface area contributed by atoms with Crippen LogP contribution < -0.4 is 19.1 Å². The smallest absolute Gasteiger partial charge is 0.294 e. The van der Waals surface area contributed by atoms with Gasteiger partial charge in [-0.25, -0.2) is 8.78 Å². The van der Waals surface area contributed by atoms with Gasteiger partial charge < -0.3 is 23.7 Å². The van der Waals surface area contributed by atoms with Crippen LogP contribution >= 0.6 is 0 Å². The van der Waals surface area contributed by atoms with Crippen LogP contribution in [0.3, 0.4) is 0 Å². The second-order valence-corrected chi connectivity index (χ2v) is 8.60. The maximum absolute atomic E-state index is 15.0. The van der Waals surface area contributed by atoms with Crippen LogP contribution in [0.25, 0.3) is 11.0 Å². The van der Waals surface area contributed by atoms with Crippen LogP contribution in [0.2, 0.25) is 0 Å². The van der Waals surface area contributed by atoms with Gasteiger partial charge in [-0.2, -0.15) is 0 Å². The maximum Gasteiger partial charge on any atom is 0.294 e. The Morgan fingerprint density at radius 2 is 1.77 bits per heavy atom. The van der Waals surface area contributed by atoms with Crippen molar-refractivity contribution in [2.45, 2.75) is 13.0 Å². The molecule has 1 aliphatic rings. The molecule has 0 saturated carbocycles. The first-order valence-electron chi connectivity index (χ1n) is 11.9. The number of para-hydroxylation sites is 1. The second-order valence-electron chi connectivity index (χ2n) is 8.60. The molecule has 0 fully saturated rings. The summed E-state index contributed by atoms with van der Waals surface area (Å²) in [5.41, 5.74) is -0.0820. The van der Waals surface area contributed by atoms with Crippen molar-refractivity contribution in [1.82, 2.24) is 0 Å². The minimum atomic E-state index is -1.31. The van der Waals surface area contributed by atoms with Gasteiger partial charge in [0.25, 0.3) is 5.91 Å². The Labute approximate surface area is 221 Å². The number of furan rings is 1. The molecule has 10 heteroatoms. The Bertz CT molecular complexity index is 1640. The molecule has 5 rings (SSSR count). The predicted molar refractivity (Wildman–Crippen MR) is 137 cm³/mol. The van der Waals surface area contributed by atoms with Crippen LogP contribution in [0.5, 0.6) is 17.2 Å². The number of ketones is 1. The van der Waals surface area contributed by atoms with Crippen molar-refractivity contribution in [3.05, 3.63) is 95.0 Å². The van der Waals surface area contributed by atoms with Gasteiger partial charge in [0, 0.05) is 11.5 Å². The number of rotatable bonds is 8. The van der Waals surface area contributed by atoms with Crippen LogP contribution in [0.4, 0.5) is 14.5 Å². The van der Waals surface area contributed by atoms with Gasteiger partial charge in [0.15, 0.2) is 34.4 Å². The lowest BCUT2D eigenvalue weighted by Crippen LogP contribution is -2.32. The molecule has 1 atom stereocenters. The van der Waals surface area contributed by atoms with Crippen LogP contribution in [-0.4, -0.2) is 37.6 Å². The van der Waals surface area contributed by atoms with Crippen LogP contribution in [-0.2, 0) is 4.79 Å². The number of ether oxygens (including phenoxy) is 3. The lowest BCUT2D eigenvalue weighted by molar-refractivity contribution is -0.117. The number of carbonyl (C=O) groups excluding carboxylic acids is 2. The van der Waals surface area contributed by atoms with Gasteiger partial charge in [-0.1, -0.05) is 18.2 Å². The molecule has 39 heavy (non-hydrogen) atoms. The molecule has 0 bridgehead atoms. The number of aliphatic hydroxyl groups is 1. The summed E-state index contributed by atoms with van der Waals surface area (Å²) in [5.74, 6) is -3.75. The van der Waals surface area contributed by atoms with E-state index in [1.807, 2.05) is 0 Å². The Balaban J connectivity index is 1.70. The van der Waals surface area contributed by atoms with Crippen molar-refractivity contribution in [3.8, 4) is 17.2 Å². The number of fused-ring (bicyclic) bond motifs is 1. The Kier molecular flexibility index (Phi) is 6.69. The maximum atomic E-state index is 15.0. The number of hydrogen-bond donors (Lipinski definition) is 1. The van der Waals surface area contributed by atoms with Crippen molar-refractivity contribution in [2.75, 3.05) is 25.7 Å². The molecule has 2 heterocycles. The summed E-state index contributed by atoms with van der Waals surface area (Å²) in [6, 6.07) is 12.5. The number of halogens is 2. The van der Waals surface area contributed by atoms with E-state index in [-0.39, 0.29) is 23.6 Å². The third-order valence-corrected chi connectivity index (χ3v) is 6.38. The first-order chi connectivity index (χ1) is 18.8. The average molecular weight is 535 g/mol. The molecule has 1 aliphatic heterocycles. The molecule has 1 aromatic heterocycles.